The number of benzene rings is 2. The van der Waals surface area contributed by atoms with Crippen molar-refractivity contribution in [3.05, 3.63) is 59.7 Å². The van der Waals surface area contributed by atoms with E-state index in [2.05, 4.69) is 22.8 Å². The van der Waals surface area contributed by atoms with Crippen molar-refractivity contribution in [2.24, 2.45) is 17.8 Å². The Kier molecular flexibility index (Phi) is 7.05. The molecule has 0 saturated heterocycles. The summed E-state index contributed by atoms with van der Waals surface area (Å²) in [5, 5.41) is 13.9. The lowest BCUT2D eigenvalue weighted by Crippen LogP contribution is -2.33. The van der Waals surface area contributed by atoms with E-state index in [0.717, 1.165) is 22.3 Å². The quantitative estimate of drug-likeness (QED) is 0.440. The Morgan fingerprint density at radius 1 is 1.03 bits per heavy atom. The van der Waals surface area contributed by atoms with Gasteiger partial charge in [-0.15, -0.1) is 0 Å². The van der Waals surface area contributed by atoms with Crippen LogP contribution in [-0.2, 0) is 14.3 Å². The van der Waals surface area contributed by atoms with E-state index in [9.17, 15) is 23.2 Å². The Hall–Kier alpha value is -3.49. The van der Waals surface area contributed by atoms with Crippen LogP contribution in [-0.4, -0.2) is 48.7 Å². The number of carboxylic acid groups (broad SMARTS) is 1. The molecule has 0 heterocycles. The first-order valence-electron chi connectivity index (χ1n) is 11.7. The number of hydrogen-bond acceptors (Lipinski definition) is 4. The highest BCUT2D eigenvalue weighted by atomic mass is 19.3. The summed E-state index contributed by atoms with van der Waals surface area (Å²) in [6.45, 7) is 1.80. The first-order chi connectivity index (χ1) is 16.7. The predicted molar refractivity (Wildman–Crippen MR) is 124 cm³/mol. The predicted octanol–water partition coefficient (Wildman–Crippen LogP) is 4.02. The summed E-state index contributed by atoms with van der Waals surface area (Å²) < 4.78 is 32.3. The fraction of sp³-hybridized carbons (Fsp3) is 0.423. The number of hydrogen-bond donors (Lipinski definition) is 3. The molecule has 186 valence electrons. The third-order valence-electron chi connectivity index (χ3n) is 6.84. The van der Waals surface area contributed by atoms with Crippen molar-refractivity contribution in [2.75, 3.05) is 19.7 Å². The summed E-state index contributed by atoms with van der Waals surface area (Å²) in [5.41, 5.74) is 4.54. The molecule has 35 heavy (non-hydrogen) atoms. The molecule has 1 fully saturated rings. The highest BCUT2D eigenvalue weighted by Crippen LogP contribution is 2.54. The van der Waals surface area contributed by atoms with E-state index < -0.39 is 41.6 Å². The van der Waals surface area contributed by atoms with E-state index in [4.69, 9.17) is 9.84 Å². The number of alkyl halides is 2. The van der Waals surface area contributed by atoms with Crippen molar-refractivity contribution in [2.45, 2.75) is 31.6 Å². The van der Waals surface area contributed by atoms with Crippen LogP contribution in [0.5, 0.6) is 0 Å². The molecule has 2 aliphatic rings. The van der Waals surface area contributed by atoms with Crippen LogP contribution in [0.4, 0.5) is 13.6 Å². The fourth-order valence-corrected chi connectivity index (χ4v) is 4.74. The van der Waals surface area contributed by atoms with E-state index in [1.165, 1.54) is 0 Å². The number of alkyl carbamates (subject to hydrolysis) is 1. The summed E-state index contributed by atoms with van der Waals surface area (Å²) >= 11 is 0. The van der Waals surface area contributed by atoms with Gasteiger partial charge in [0.25, 0.3) is 5.92 Å². The number of fused-ring (bicyclic) bond motifs is 3. The van der Waals surface area contributed by atoms with E-state index in [1.807, 2.05) is 36.4 Å². The Labute approximate surface area is 201 Å². The number of nitrogens with one attached hydrogen (secondary N) is 2. The maximum atomic E-state index is 13.4. The molecule has 0 aliphatic heterocycles. The van der Waals surface area contributed by atoms with Gasteiger partial charge in [-0.1, -0.05) is 55.5 Å². The third kappa shape index (κ3) is 5.13. The van der Waals surface area contributed by atoms with Crippen LogP contribution in [0.3, 0.4) is 0 Å². The molecule has 7 nitrogen and oxygen atoms in total. The second kappa shape index (κ2) is 10.0. The Bertz CT molecular complexity index is 1080. The lowest BCUT2D eigenvalue weighted by Gasteiger charge is -2.15. The molecule has 1 saturated carbocycles. The van der Waals surface area contributed by atoms with Crippen molar-refractivity contribution in [1.29, 1.82) is 0 Å². The molecule has 2 amide bonds. The molecular formula is C26H28F2N2O5. The van der Waals surface area contributed by atoms with Gasteiger partial charge in [-0.3, -0.25) is 9.59 Å². The average molecular weight is 487 g/mol. The van der Waals surface area contributed by atoms with Crippen molar-refractivity contribution in [1.82, 2.24) is 10.6 Å². The van der Waals surface area contributed by atoms with Gasteiger partial charge in [-0.2, -0.15) is 0 Å². The lowest BCUT2D eigenvalue weighted by atomic mass is 9.98. The number of rotatable bonds is 10. The van der Waals surface area contributed by atoms with E-state index in [-0.39, 0.29) is 19.1 Å². The smallest absolute Gasteiger partial charge is 0.407 e. The highest BCUT2D eigenvalue weighted by molar-refractivity contribution is 5.80. The molecule has 3 unspecified atom stereocenters. The molecule has 9 heteroatoms. The minimum absolute atomic E-state index is 0.0311. The topological polar surface area (TPSA) is 105 Å². The minimum Gasteiger partial charge on any atom is -0.481 e. The minimum atomic E-state index is -3.28. The Balaban J connectivity index is 1.15. The Morgan fingerprint density at radius 3 is 2.20 bits per heavy atom. The molecule has 0 spiro atoms. The van der Waals surface area contributed by atoms with Crippen LogP contribution in [0.15, 0.2) is 48.5 Å². The summed E-state index contributed by atoms with van der Waals surface area (Å²) in [5.74, 6) is -8.85. The van der Waals surface area contributed by atoms with Gasteiger partial charge in [0.05, 0.1) is 5.92 Å². The van der Waals surface area contributed by atoms with Gasteiger partial charge in [0, 0.05) is 24.9 Å². The molecule has 2 aromatic rings. The van der Waals surface area contributed by atoms with Gasteiger partial charge >= 0.3 is 12.1 Å². The van der Waals surface area contributed by atoms with Gasteiger partial charge in [0.1, 0.15) is 12.5 Å². The SMILES string of the molecule is CC(CCCNC(=O)OCC1c2ccccc2-c2ccccc21)C(=O)NCC1C(C(=O)O)C1(F)F. The van der Waals surface area contributed by atoms with Crippen molar-refractivity contribution >= 4 is 18.0 Å². The van der Waals surface area contributed by atoms with Gasteiger partial charge in [0.2, 0.25) is 5.91 Å². The molecule has 3 N–H and O–H groups in total. The van der Waals surface area contributed by atoms with Crippen molar-refractivity contribution in [3.63, 3.8) is 0 Å². The summed E-state index contributed by atoms with van der Waals surface area (Å²) in [7, 11) is 0. The number of ether oxygens (including phenoxy) is 1. The summed E-state index contributed by atoms with van der Waals surface area (Å²) in [6, 6.07) is 16.1. The normalized spacial score (nSPS) is 20.3. The summed E-state index contributed by atoms with van der Waals surface area (Å²) in [4.78, 5) is 35.1. The Morgan fingerprint density at radius 2 is 1.63 bits per heavy atom. The van der Waals surface area contributed by atoms with Crippen LogP contribution in [0, 0.1) is 17.8 Å². The van der Waals surface area contributed by atoms with Gasteiger partial charge in [0.15, 0.2) is 0 Å². The molecule has 2 aromatic carbocycles. The first-order valence-corrected chi connectivity index (χ1v) is 11.7. The largest absolute Gasteiger partial charge is 0.481 e. The first kappa shape index (κ1) is 24.6. The van der Waals surface area contributed by atoms with Crippen molar-refractivity contribution < 1.29 is 33.0 Å². The number of carbonyl (C=O) groups is 3. The van der Waals surface area contributed by atoms with E-state index in [0.29, 0.717) is 19.4 Å². The van der Waals surface area contributed by atoms with Gasteiger partial charge < -0.3 is 20.5 Å². The monoisotopic (exact) mass is 486 g/mol. The molecule has 0 radical (unpaired) electrons. The van der Waals surface area contributed by atoms with Crippen LogP contribution in [0.1, 0.15) is 36.8 Å². The van der Waals surface area contributed by atoms with E-state index >= 15 is 0 Å². The van der Waals surface area contributed by atoms with Crippen LogP contribution in [0.25, 0.3) is 11.1 Å². The molecule has 0 bridgehead atoms. The zero-order chi connectivity index (χ0) is 25.2. The number of carbonyl (C=O) groups excluding carboxylic acids is 2. The van der Waals surface area contributed by atoms with E-state index in [1.54, 1.807) is 6.92 Å². The standard InChI is InChI=1S/C26H28F2N2O5/c1-15(23(31)30-13-21-22(24(32)33)26(21,27)28)7-6-12-29-25(34)35-14-20-18-10-4-2-8-16(18)17-9-3-5-11-19(17)20/h2-5,8-11,15,20-22H,6-7,12-14H2,1H3,(H,29,34)(H,30,31)(H,32,33). The third-order valence-corrected chi connectivity index (χ3v) is 6.84. The second-order valence-corrected chi connectivity index (χ2v) is 9.14. The molecule has 0 aromatic heterocycles. The number of carboxylic acids is 1. The number of amides is 2. The molecule has 3 atom stereocenters. The number of aliphatic carboxylic acids is 1. The average Bonchev–Trinajstić information content (AvgIpc) is 3.25. The van der Waals surface area contributed by atoms with Gasteiger partial charge in [-0.05, 0) is 35.1 Å². The maximum absolute atomic E-state index is 13.4. The zero-order valence-electron chi connectivity index (χ0n) is 19.3. The molecule has 4 rings (SSSR count). The molecular weight excluding hydrogens is 458 g/mol. The van der Waals surface area contributed by atoms with Gasteiger partial charge in [-0.25, -0.2) is 13.6 Å². The second-order valence-electron chi connectivity index (χ2n) is 9.14. The van der Waals surface area contributed by atoms with Crippen LogP contribution >= 0.6 is 0 Å². The highest BCUT2D eigenvalue weighted by Gasteiger charge is 2.72. The zero-order valence-corrected chi connectivity index (χ0v) is 19.3. The number of halogens is 2. The lowest BCUT2D eigenvalue weighted by molar-refractivity contribution is -0.141. The summed E-state index contributed by atoms with van der Waals surface area (Å²) in [6.07, 6.45) is 0.384. The fourth-order valence-electron chi connectivity index (χ4n) is 4.74. The van der Waals surface area contributed by atoms with Crippen LogP contribution < -0.4 is 10.6 Å². The van der Waals surface area contributed by atoms with Crippen molar-refractivity contribution in [3.8, 4) is 11.1 Å². The maximum Gasteiger partial charge on any atom is 0.407 e. The molecule has 2 aliphatic carbocycles. The van der Waals surface area contributed by atoms with Crippen LogP contribution in [0.2, 0.25) is 0 Å².